The van der Waals surface area contributed by atoms with Crippen molar-refractivity contribution in [2.24, 2.45) is 0 Å². The smallest absolute Gasteiger partial charge is 0.284 e. The predicted octanol–water partition coefficient (Wildman–Crippen LogP) is 0.435. The van der Waals surface area contributed by atoms with Crippen molar-refractivity contribution in [2.45, 2.75) is 13.0 Å². The molecule has 0 unspecified atom stereocenters. The van der Waals surface area contributed by atoms with Crippen molar-refractivity contribution in [3.05, 3.63) is 30.4 Å². The Labute approximate surface area is 81.0 Å². The fraction of sp³-hybridized carbons (Fsp3) is 0.222. The van der Waals surface area contributed by atoms with Gasteiger partial charge in [-0.2, -0.15) is 4.98 Å². The van der Waals surface area contributed by atoms with E-state index < -0.39 is 0 Å². The molecule has 3 N–H and O–H groups in total. The molecule has 2 aromatic rings. The highest BCUT2D eigenvalue weighted by atomic mass is 16.5. The molecule has 0 bridgehead atoms. The van der Waals surface area contributed by atoms with E-state index in [1.54, 1.807) is 12.4 Å². The second-order valence-electron chi connectivity index (χ2n) is 3.10. The average molecular weight is 191 g/mol. The van der Waals surface area contributed by atoms with E-state index in [2.05, 4.69) is 20.9 Å². The summed E-state index contributed by atoms with van der Waals surface area (Å²) in [5.74, 6) is 1.10. The maximum Gasteiger partial charge on any atom is 0.284 e. The first-order chi connectivity index (χ1) is 6.77. The molecule has 0 amide bonds. The Morgan fingerprint density at radius 1 is 1.50 bits per heavy atom. The molecule has 5 nitrogen and oxygen atoms in total. The molecule has 14 heavy (non-hydrogen) atoms. The van der Waals surface area contributed by atoms with E-state index >= 15 is 0 Å². The quantitative estimate of drug-likeness (QED) is 0.746. The molecule has 5 heteroatoms. The first-order valence-electron chi connectivity index (χ1n) is 4.34. The van der Waals surface area contributed by atoms with Crippen molar-refractivity contribution in [1.29, 1.82) is 0 Å². The van der Waals surface area contributed by atoms with Gasteiger partial charge in [0.15, 0.2) is 6.04 Å². The molecule has 0 spiro atoms. The summed E-state index contributed by atoms with van der Waals surface area (Å²) in [6.45, 7) is 1.90. The predicted molar refractivity (Wildman–Crippen MR) is 48.8 cm³/mol. The Kier molecular flexibility index (Phi) is 2.24. The van der Waals surface area contributed by atoms with Crippen LogP contribution >= 0.6 is 0 Å². The molecule has 2 heterocycles. The van der Waals surface area contributed by atoms with E-state index in [1.165, 1.54) is 0 Å². The van der Waals surface area contributed by atoms with Gasteiger partial charge in [0.1, 0.15) is 0 Å². The summed E-state index contributed by atoms with van der Waals surface area (Å²) in [4.78, 5) is 8.18. The summed E-state index contributed by atoms with van der Waals surface area (Å²) < 4.78 is 5.03. The Bertz CT molecular complexity index is 410. The highest BCUT2D eigenvalue weighted by Crippen LogP contribution is 2.15. The molecule has 0 aliphatic heterocycles. The van der Waals surface area contributed by atoms with Crippen LogP contribution in [-0.4, -0.2) is 15.1 Å². The van der Waals surface area contributed by atoms with Gasteiger partial charge in [-0.25, -0.2) is 0 Å². The third-order valence-corrected chi connectivity index (χ3v) is 1.78. The molecule has 0 radical (unpaired) electrons. The molecule has 0 aromatic carbocycles. The molecule has 0 aliphatic carbocycles. The van der Waals surface area contributed by atoms with Crippen molar-refractivity contribution in [1.82, 2.24) is 15.1 Å². The van der Waals surface area contributed by atoms with Crippen LogP contribution in [0.15, 0.2) is 29.0 Å². The summed E-state index contributed by atoms with van der Waals surface area (Å²) in [6, 6.07) is 3.72. The number of hydrogen-bond donors (Lipinski definition) is 1. The standard InChI is InChI=1S/C9H10N4O/c1-6(10)9-12-8(13-14-9)7-3-2-4-11-5-7/h2-6H,10H2,1H3/p+1/t6-/m1/s1. The molecule has 72 valence electrons. The summed E-state index contributed by atoms with van der Waals surface area (Å²) in [5, 5.41) is 3.84. The molecule has 0 fully saturated rings. The first kappa shape index (κ1) is 8.83. The number of nitrogens with zero attached hydrogens (tertiary/aromatic N) is 3. The van der Waals surface area contributed by atoms with Gasteiger partial charge in [-0.15, -0.1) is 0 Å². The van der Waals surface area contributed by atoms with Gasteiger partial charge in [0.2, 0.25) is 5.82 Å². The summed E-state index contributed by atoms with van der Waals surface area (Å²) >= 11 is 0. The number of aromatic nitrogens is 3. The molecule has 2 aromatic heterocycles. The highest BCUT2D eigenvalue weighted by molar-refractivity contribution is 5.51. The Morgan fingerprint density at radius 3 is 2.93 bits per heavy atom. The lowest BCUT2D eigenvalue weighted by Gasteiger charge is -1.91. The fourth-order valence-corrected chi connectivity index (χ4v) is 1.05. The number of pyridine rings is 1. The highest BCUT2D eigenvalue weighted by Gasteiger charge is 2.13. The van der Waals surface area contributed by atoms with Gasteiger partial charge in [0.25, 0.3) is 5.89 Å². The minimum Gasteiger partial charge on any atom is -0.348 e. The van der Waals surface area contributed by atoms with Gasteiger partial charge < -0.3 is 10.3 Å². The molecule has 0 saturated heterocycles. The van der Waals surface area contributed by atoms with Crippen molar-refractivity contribution in [3.63, 3.8) is 0 Å². The zero-order chi connectivity index (χ0) is 9.97. The van der Waals surface area contributed by atoms with Gasteiger partial charge >= 0.3 is 0 Å². The van der Waals surface area contributed by atoms with E-state index in [4.69, 9.17) is 4.52 Å². The molecular weight excluding hydrogens is 180 g/mol. The van der Waals surface area contributed by atoms with Crippen LogP contribution in [0.1, 0.15) is 18.9 Å². The Hall–Kier alpha value is -1.75. The third kappa shape index (κ3) is 1.62. The second kappa shape index (κ2) is 3.55. The van der Waals surface area contributed by atoms with E-state index in [9.17, 15) is 0 Å². The minimum atomic E-state index is 0.00733. The first-order valence-corrected chi connectivity index (χ1v) is 4.34. The topological polar surface area (TPSA) is 79.5 Å². The van der Waals surface area contributed by atoms with Crippen molar-refractivity contribution >= 4 is 0 Å². The van der Waals surface area contributed by atoms with Crippen LogP contribution in [0, 0.1) is 0 Å². The monoisotopic (exact) mass is 191 g/mol. The van der Waals surface area contributed by atoms with Crippen molar-refractivity contribution < 1.29 is 10.3 Å². The van der Waals surface area contributed by atoms with E-state index in [1.807, 2.05) is 19.1 Å². The van der Waals surface area contributed by atoms with Crippen LogP contribution in [0.3, 0.4) is 0 Å². The van der Waals surface area contributed by atoms with Gasteiger partial charge in [-0.1, -0.05) is 5.16 Å². The lowest BCUT2D eigenvalue weighted by molar-refractivity contribution is -0.425. The lowest BCUT2D eigenvalue weighted by Crippen LogP contribution is -2.51. The fourth-order valence-electron chi connectivity index (χ4n) is 1.05. The summed E-state index contributed by atoms with van der Waals surface area (Å²) in [7, 11) is 0. The molecule has 0 saturated carbocycles. The second-order valence-corrected chi connectivity index (χ2v) is 3.10. The van der Waals surface area contributed by atoms with Crippen LogP contribution in [-0.2, 0) is 0 Å². The molecular formula is C9H11N4O+. The van der Waals surface area contributed by atoms with Gasteiger partial charge in [-0.05, 0) is 19.1 Å². The summed E-state index contributed by atoms with van der Waals surface area (Å²) in [6.07, 6.45) is 3.40. The van der Waals surface area contributed by atoms with E-state index in [0.717, 1.165) is 5.56 Å². The van der Waals surface area contributed by atoms with E-state index in [0.29, 0.717) is 11.7 Å². The van der Waals surface area contributed by atoms with E-state index in [-0.39, 0.29) is 6.04 Å². The lowest BCUT2D eigenvalue weighted by atomic mass is 10.3. The average Bonchev–Trinajstić information content (AvgIpc) is 2.68. The maximum atomic E-state index is 5.03. The number of rotatable bonds is 2. The summed E-state index contributed by atoms with van der Waals surface area (Å²) in [5.41, 5.74) is 4.65. The van der Waals surface area contributed by atoms with Gasteiger partial charge in [0, 0.05) is 18.0 Å². The van der Waals surface area contributed by atoms with Crippen LogP contribution in [0.2, 0.25) is 0 Å². The van der Waals surface area contributed by atoms with Gasteiger partial charge in [-0.3, -0.25) is 4.98 Å². The Morgan fingerprint density at radius 2 is 2.36 bits per heavy atom. The maximum absolute atomic E-state index is 5.03. The van der Waals surface area contributed by atoms with Crippen LogP contribution in [0.25, 0.3) is 11.4 Å². The minimum absolute atomic E-state index is 0.00733. The molecule has 1 atom stereocenters. The largest absolute Gasteiger partial charge is 0.348 e. The zero-order valence-corrected chi connectivity index (χ0v) is 7.84. The number of hydrogen-bond acceptors (Lipinski definition) is 4. The number of quaternary nitrogens is 1. The SMILES string of the molecule is C[C@@H]([NH3+])c1nc(-c2cccnc2)no1. The van der Waals surface area contributed by atoms with Gasteiger partial charge in [0.05, 0.1) is 0 Å². The van der Waals surface area contributed by atoms with Crippen LogP contribution in [0.5, 0.6) is 0 Å². The van der Waals surface area contributed by atoms with Crippen LogP contribution < -0.4 is 5.73 Å². The third-order valence-electron chi connectivity index (χ3n) is 1.78. The zero-order valence-electron chi connectivity index (χ0n) is 7.84. The molecule has 2 rings (SSSR count). The Balaban J connectivity index is 2.34. The molecule has 0 aliphatic rings. The normalized spacial score (nSPS) is 12.7. The van der Waals surface area contributed by atoms with Crippen molar-refractivity contribution in [3.8, 4) is 11.4 Å². The van der Waals surface area contributed by atoms with Crippen molar-refractivity contribution in [2.75, 3.05) is 0 Å². The van der Waals surface area contributed by atoms with Crippen LogP contribution in [0.4, 0.5) is 0 Å².